The van der Waals surface area contributed by atoms with Crippen molar-refractivity contribution >= 4 is 11.3 Å². The molecule has 18 heavy (non-hydrogen) atoms. The first kappa shape index (κ1) is 11.9. The van der Waals surface area contributed by atoms with E-state index in [1.807, 2.05) is 11.7 Å². The van der Waals surface area contributed by atoms with E-state index < -0.39 is 0 Å². The van der Waals surface area contributed by atoms with Gasteiger partial charge < -0.3 is 9.88 Å². The van der Waals surface area contributed by atoms with Crippen molar-refractivity contribution < 1.29 is 0 Å². The van der Waals surface area contributed by atoms with Gasteiger partial charge in [0, 0.05) is 43.3 Å². The van der Waals surface area contributed by atoms with Gasteiger partial charge in [0.15, 0.2) is 0 Å². The minimum absolute atomic E-state index is 0.722. The molecule has 0 radical (unpaired) electrons. The van der Waals surface area contributed by atoms with Crippen LogP contribution in [0.4, 0.5) is 0 Å². The summed E-state index contributed by atoms with van der Waals surface area (Å²) in [7, 11) is 0. The van der Waals surface area contributed by atoms with Gasteiger partial charge in [-0.25, -0.2) is 9.97 Å². The first-order chi connectivity index (χ1) is 8.83. The number of fused-ring (bicyclic) bond motifs is 1. The lowest BCUT2D eigenvalue weighted by molar-refractivity contribution is 0.348. The zero-order chi connectivity index (χ0) is 12.4. The van der Waals surface area contributed by atoms with E-state index in [-0.39, 0.29) is 0 Å². The van der Waals surface area contributed by atoms with Crippen LogP contribution in [0.1, 0.15) is 22.8 Å². The zero-order valence-corrected chi connectivity index (χ0v) is 11.4. The standard InChI is InChI=1S/C13H18N4S/c1-10-12(18-9-16-10)7-14-6-11-2-3-13-15-4-5-17(13)8-11/h4-5,9,11,14H,2-3,6-8H2,1H3/t11-/m1/s1. The van der Waals surface area contributed by atoms with Crippen LogP contribution < -0.4 is 5.32 Å². The van der Waals surface area contributed by atoms with Crippen LogP contribution in [-0.4, -0.2) is 21.1 Å². The maximum atomic E-state index is 4.36. The van der Waals surface area contributed by atoms with Gasteiger partial charge in [-0.1, -0.05) is 0 Å². The number of aryl methyl sites for hydroxylation is 2. The van der Waals surface area contributed by atoms with Crippen LogP contribution in [0.2, 0.25) is 0 Å². The third-order valence-electron chi connectivity index (χ3n) is 3.60. The minimum atomic E-state index is 0.722. The van der Waals surface area contributed by atoms with Crippen molar-refractivity contribution in [2.75, 3.05) is 6.54 Å². The van der Waals surface area contributed by atoms with E-state index in [0.29, 0.717) is 0 Å². The highest BCUT2D eigenvalue weighted by atomic mass is 32.1. The lowest BCUT2D eigenvalue weighted by Gasteiger charge is -2.23. The molecule has 0 aromatic carbocycles. The van der Waals surface area contributed by atoms with Gasteiger partial charge in [-0.15, -0.1) is 11.3 Å². The van der Waals surface area contributed by atoms with Crippen molar-refractivity contribution in [1.82, 2.24) is 19.9 Å². The largest absolute Gasteiger partial charge is 0.335 e. The van der Waals surface area contributed by atoms with E-state index in [0.717, 1.165) is 37.7 Å². The van der Waals surface area contributed by atoms with Crippen LogP contribution in [0.15, 0.2) is 17.9 Å². The number of rotatable bonds is 4. The highest BCUT2D eigenvalue weighted by Crippen LogP contribution is 2.18. The molecule has 1 aliphatic heterocycles. The molecule has 0 spiro atoms. The van der Waals surface area contributed by atoms with Crippen molar-refractivity contribution in [3.63, 3.8) is 0 Å². The summed E-state index contributed by atoms with van der Waals surface area (Å²) in [6, 6.07) is 0. The number of nitrogens with one attached hydrogen (secondary N) is 1. The van der Waals surface area contributed by atoms with Crippen molar-refractivity contribution in [2.45, 2.75) is 32.9 Å². The van der Waals surface area contributed by atoms with Crippen LogP contribution in [0.5, 0.6) is 0 Å². The summed E-state index contributed by atoms with van der Waals surface area (Å²) in [6.45, 7) is 5.20. The van der Waals surface area contributed by atoms with Gasteiger partial charge in [0.2, 0.25) is 0 Å². The van der Waals surface area contributed by atoms with E-state index in [1.54, 1.807) is 11.3 Å². The summed E-state index contributed by atoms with van der Waals surface area (Å²) in [5.41, 5.74) is 3.08. The molecule has 96 valence electrons. The second-order valence-corrected chi connectivity index (χ2v) is 5.83. The number of hydrogen-bond donors (Lipinski definition) is 1. The third-order valence-corrected chi connectivity index (χ3v) is 4.53. The average molecular weight is 262 g/mol. The summed E-state index contributed by atoms with van der Waals surface area (Å²) in [5.74, 6) is 1.96. The highest BCUT2D eigenvalue weighted by Gasteiger charge is 2.18. The Hall–Kier alpha value is -1.20. The summed E-state index contributed by atoms with van der Waals surface area (Å²) in [6.07, 6.45) is 6.35. The van der Waals surface area contributed by atoms with E-state index in [9.17, 15) is 0 Å². The SMILES string of the molecule is Cc1ncsc1CNC[C@H]1CCc2nccn2C1. The van der Waals surface area contributed by atoms with E-state index in [4.69, 9.17) is 0 Å². The molecule has 0 aliphatic carbocycles. The molecule has 1 aliphatic rings. The first-order valence-electron chi connectivity index (χ1n) is 6.42. The molecular weight excluding hydrogens is 244 g/mol. The van der Waals surface area contributed by atoms with Gasteiger partial charge in [-0.2, -0.15) is 0 Å². The van der Waals surface area contributed by atoms with E-state index >= 15 is 0 Å². The maximum Gasteiger partial charge on any atom is 0.108 e. The number of imidazole rings is 1. The van der Waals surface area contributed by atoms with Crippen LogP contribution in [0, 0.1) is 12.8 Å². The predicted molar refractivity (Wildman–Crippen MR) is 72.6 cm³/mol. The highest BCUT2D eigenvalue weighted by molar-refractivity contribution is 7.09. The molecule has 1 atom stereocenters. The maximum absolute atomic E-state index is 4.36. The smallest absolute Gasteiger partial charge is 0.108 e. The van der Waals surface area contributed by atoms with Crippen molar-refractivity contribution in [3.8, 4) is 0 Å². The molecule has 1 N–H and O–H groups in total. The molecule has 3 heterocycles. The lowest BCUT2D eigenvalue weighted by Crippen LogP contribution is -2.29. The molecule has 0 bridgehead atoms. The van der Waals surface area contributed by atoms with Crippen LogP contribution in [-0.2, 0) is 19.5 Å². The van der Waals surface area contributed by atoms with Crippen molar-refractivity contribution in [2.24, 2.45) is 5.92 Å². The molecule has 0 amide bonds. The van der Waals surface area contributed by atoms with Crippen LogP contribution in [0.25, 0.3) is 0 Å². The summed E-state index contributed by atoms with van der Waals surface area (Å²) >= 11 is 1.74. The fourth-order valence-corrected chi connectivity index (χ4v) is 3.24. The quantitative estimate of drug-likeness (QED) is 0.916. The minimum Gasteiger partial charge on any atom is -0.335 e. The normalized spacial score (nSPS) is 18.8. The molecule has 0 fully saturated rings. The monoisotopic (exact) mass is 262 g/mol. The Labute approximate surface area is 111 Å². The van der Waals surface area contributed by atoms with E-state index in [2.05, 4.69) is 33.0 Å². The number of aromatic nitrogens is 3. The lowest BCUT2D eigenvalue weighted by atomic mass is 9.99. The Kier molecular flexibility index (Phi) is 3.43. The molecule has 0 unspecified atom stereocenters. The Balaban J connectivity index is 1.49. The van der Waals surface area contributed by atoms with Gasteiger partial charge >= 0.3 is 0 Å². The molecule has 5 heteroatoms. The predicted octanol–water partition coefficient (Wildman–Crippen LogP) is 2.00. The van der Waals surface area contributed by atoms with Gasteiger partial charge in [-0.05, 0) is 19.3 Å². The number of thiazole rings is 1. The number of hydrogen-bond acceptors (Lipinski definition) is 4. The van der Waals surface area contributed by atoms with E-state index in [1.165, 1.54) is 17.1 Å². The fourth-order valence-electron chi connectivity index (χ4n) is 2.49. The summed E-state index contributed by atoms with van der Waals surface area (Å²) < 4.78 is 2.29. The van der Waals surface area contributed by atoms with Crippen LogP contribution in [0.3, 0.4) is 0 Å². The summed E-state index contributed by atoms with van der Waals surface area (Å²) in [4.78, 5) is 9.99. The molecule has 0 saturated heterocycles. The average Bonchev–Trinajstić information content (AvgIpc) is 2.98. The van der Waals surface area contributed by atoms with Crippen LogP contribution >= 0.6 is 11.3 Å². The topological polar surface area (TPSA) is 42.7 Å². The zero-order valence-electron chi connectivity index (χ0n) is 10.6. The molecule has 3 rings (SSSR count). The Morgan fingerprint density at radius 3 is 3.28 bits per heavy atom. The number of nitrogens with zero attached hydrogens (tertiary/aromatic N) is 3. The Morgan fingerprint density at radius 2 is 2.44 bits per heavy atom. The Bertz CT molecular complexity index is 517. The second kappa shape index (κ2) is 5.20. The summed E-state index contributed by atoms with van der Waals surface area (Å²) in [5, 5.41) is 3.56. The fraction of sp³-hybridized carbons (Fsp3) is 0.538. The Morgan fingerprint density at radius 1 is 1.50 bits per heavy atom. The molecule has 2 aromatic heterocycles. The first-order valence-corrected chi connectivity index (χ1v) is 7.30. The molecule has 4 nitrogen and oxygen atoms in total. The molecular formula is C13H18N4S. The van der Waals surface area contributed by atoms with Gasteiger partial charge in [0.25, 0.3) is 0 Å². The second-order valence-electron chi connectivity index (χ2n) is 4.89. The third kappa shape index (κ3) is 2.47. The van der Waals surface area contributed by atoms with Crippen molar-refractivity contribution in [1.29, 1.82) is 0 Å². The molecule has 2 aromatic rings. The molecule has 0 saturated carbocycles. The van der Waals surface area contributed by atoms with Crippen molar-refractivity contribution in [3.05, 3.63) is 34.3 Å². The van der Waals surface area contributed by atoms with Gasteiger partial charge in [0.05, 0.1) is 11.2 Å². The van der Waals surface area contributed by atoms with Gasteiger partial charge in [0.1, 0.15) is 5.82 Å². The van der Waals surface area contributed by atoms with Gasteiger partial charge in [-0.3, -0.25) is 0 Å².